The van der Waals surface area contributed by atoms with Crippen LogP contribution in [0, 0.1) is 11.3 Å². The summed E-state index contributed by atoms with van der Waals surface area (Å²) in [6.07, 6.45) is 0. The van der Waals surface area contributed by atoms with Gasteiger partial charge in [0.15, 0.2) is 0 Å². The number of halogens is 1. The standard InChI is InChI=1S/C14H11ClN2O/c15-13-7-12(5-6-14(13)18)17-9-11-4-2-1-3-10(11)8-16/h1-7,17-18H,9H2. The fourth-order valence-corrected chi connectivity index (χ4v) is 1.78. The lowest BCUT2D eigenvalue weighted by Crippen LogP contribution is -2.01. The van der Waals surface area contributed by atoms with Gasteiger partial charge in [-0.1, -0.05) is 29.8 Å². The second-order valence-electron chi connectivity index (χ2n) is 3.79. The van der Waals surface area contributed by atoms with Gasteiger partial charge in [0.2, 0.25) is 0 Å². The summed E-state index contributed by atoms with van der Waals surface area (Å²) in [4.78, 5) is 0. The van der Waals surface area contributed by atoms with Crippen molar-refractivity contribution in [2.45, 2.75) is 6.54 Å². The van der Waals surface area contributed by atoms with Gasteiger partial charge in [-0.3, -0.25) is 0 Å². The molecule has 0 aliphatic rings. The van der Waals surface area contributed by atoms with E-state index in [4.69, 9.17) is 16.9 Å². The Balaban J connectivity index is 2.12. The van der Waals surface area contributed by atoms with Gasteiger partial charge in [-0.05, 0) is 29.8 Å². The number of nitriles is 1. The molecule has 0 spiro atoms. The predicted molar refractivity (Wildman–Crippen MR) is 71.6 cm³/mol. The minimum atomic E-state index is 0.0552. The van der Waals surface area contributed by atoms with Crippen LogP contribution < -0.4 is 5.32 Å². The molecule has 0 heterocycles. The molecule has 2 N–H and O–H groups in total. The Kier molecular flexibility index (Phi) is 3.71. The number of anilines is 1. The Morgan fingerprint density at radius 1 is 1.22 bits per heavy atom. The number of nitrogens with one attached hydrogen (secondary N) is 1. The van der Waals surface area contributed by atoms with Crippen molar-refractivity contribution in [3.63, 3.8) is 0 Å². The van der Waals surface area contributed by atoms with Gasteiger partial charge in [0.1, 0.15) is 5.75 Å². The van der Waals surface area contributed by atoms with Crippen molar-refractivity contribution in [2.75, 3.05) is 5.32 Å². The average Bonchev–Trinajstić information content (AvgIpc) is 2.40. The molecule has 0 bridgehead atoms. The van der Waals surface area contributed by atoms with Crippen LogP contribution in [0.3, 0.4) is 0 Å². The summed E-state index contributed by atoms with van der Waals surface area (Å²) in [5.74, 6) is 0.0552. The van der Waals surface area contributed by atoms with Crippen LogP contribution in [-0.2, 0) is 6.54 Å². The first-order valence-corrected chi connectivity index (χ1v) is 5.79. The molecule has 0 radical (unpaired) electrons. The highest BCUT2D eigenvalue weighted by Gasteiger charge is 2.02. The van der Waals surface area contributed by atoms with Crippen LogP contribution in [0.2, 0.25) is 5.02 Å². The van der Waals surface area contributed by atoms with Gasteiger partial charge in [0.25, 0.3) is 0 Å². The van der Waals surface area contributed by atoms with Gasteiger partial charge in [0, 0.05) is 12.2 Å². The van der Waals surface area contributed by atoms with Gasteiger partial charge in [0.05, 0.1) is 16.7 Å². The molecule has 0 atom stereocenters. The molecule has 90 valence electrons. The van der Waals surface area contributed by atoms with Crippen molar-refractivity contribution in [3.8, 4) is 11.8 Å². The van der Waals surface area contributed by atoms with Gasteiger partial charge in [-0.25, -0.2) is 0 Å². The van der Waals surface area contributed by atoms with E-state index < -0.39 is 0 Å². The SMILES string of the molecule is N#Cc1ccccc1CNc1ccc(O)c(Cl)c1. The lowest BCUT2D eigenvalue weighted by atomic mass is 10.1. The van der Waals surface area contributed by atoms with Crippen molar-refractivity contribution in [3.05, 3.63) is 58.6 Å². The van der Waals surface area contributed by atoms with Crippen LogP contribution >= 0.6 is 11.6 Å². The zero-order chi connectivity index (χ0) is 13.0. The van der Waals surface area contributed by atoms with Crippen molar-refractivity contribution in [1.82, 2.24) is 0 Å². The first-order chi connectivity index (χ1) is 8.70. The highest BCUT2D eigenvalue weighted by atomic mass is 35.5. The summed E-state index contributed by atoms with van der Waals surface area (Å²) in [5.41, 5.74) is 2.37. The minimum Gasteiger partial charge on any atom is -0.506 e. The fourth-order valence-electron chi connectivity index (χ4n) is 1.60. The second-order valence-corrected chi connectivity index (χ2v) is 4.20. The number of benzene rings is 2. The van der Waals surface area contributed by atoms with Crippen LogP contribution in [0.25, 0.3) is 0 Å². The summed E-state index contributed by atoms with van der Waals surface area (Å²) >= 11 is 5.81. The molecule has 2 aromatic carbocycles. The molecule has 0 aliphatic carbocycles. The van der Waals surface area contributed by atoms with E-state index >= 15 is 0 Å². The number of hydrogen-bond acceptors (Lipinski definition) is 3. The molecular weight excluding hydrogens is 248 g/mol. The Bertz CT molecular complexity index is 605. The Labute approximate surface area is 110 Å². The molecule has 0 saturated heterocycles. The molecule has 0 aromatic heterocycles. The minimum absolute atomic E-state index is 0.0552. The fraction of sp³-hybridized carbons (Fsp3) is 0.0714. The number of rotatable bonds is 3. The maximum atomic E-state index is 9.31. The van der Waals surface area contributed by atoms with Crippen LogP contribution in [0.15, 0.2) is 42.5 Å². The van der Waals surface area contributed by atoms with E-state index in [1.54, 1.807) is 18.2 Å². The quantitative estimate of drug-likeness (QED) is 0.828. The number of nitrogens with zero attached hydrogens (tertiary/aromatic N) is 1. The largest absolute Gasteiger partial charge is 0.506 e. The van der Waals surface area contributed by atoms with Gasteiger partial charge in [-0.2, -0.15) is 5.26 Å². The van der Waals surface area contributed by atoms with Gasteiger partial charge in [-0.15, -0.1) is 0 Å². The zero-order valence-electron chi connectivity index (χ0n) is 9.52. The molecule has 2 rings (SSSR count). The molecule has 0 fully saturated rings. The highest BCUT2D eigenvalue weighted by Crippen LogP contribution is 2.26. The number of hydrogen-bond donors (Lipinski definition) is 2. The maximum absolute atomic E-state index is 9.31. The average molecular weight is 259 g/mol. The molecular formula is C14H11ClN2O. The molecule has 3 nitrogen and oxygen atoms in total. The normalized spacial score (nSPS) is 9.78. The number of phenolic OH excluding ortho intramolecular Hbond substituents is 1. The van der Waals surface area contributed by atoms with Crippen molar-refractivity contribution < 1.29 is 5.11 Å². The van der Waals surface area contributed by atoms with Crippen LogP contribution in [0.5, 0.6) is 5.75 Å². The third-order valence-electron chi connectivity index (χ3n) is 2.57. The van der Waals surface area contributed by atoms with E-state index in [1.807, 2.05) is 18.2 Å². The van der Waals surface area contributed by atoms with Crippen LogP contribution in [0.4, 0.5) is 5.69 Å². The summed E-state index contributed by atoms with van der Waals surface area (Å²) in [6, 6.07) is 14.5. The molecule has 0 aliphatic heterocycles. The van der Waals surface area contributed by atoms with E-state index in [-0.39, 0.29) is 5.75 Å². The first-order valence-electron chi connectivity index (χ1n) is 5.41. The van der Waals surface area contributed by atoms with Crippen LogP contribution in [-0.4, -0.2) is 5.11 Å². The number of aromatic hydroxyl groups is 1. The van der Waals surface area contributed by atoms with Crippen molar-refractivity contribution in [2.24, 2.45) is 0 Å². The van der Waals surface area contributed by atoms with Crippen molar-refractivity contribution in [1.29, 1.82) is 5.26 Å². The lowest BCUT2D eigenvalue weighted by molar-refractivity contribution is 0.475. The summed E-state index contributed by atoms with van der Waals surface area (Å²) in [6.45, 7) is 0.533. The maximum Gasteiger partial charge on any atom is 0.134 e. The molecule has 0 unspecified atom stereocenters. The molecule has 4 heteroatoms. The Hall–Kier alpha value is -2.18. The summed E-state index contributed by atoms with van der Waals surface area (Å²) in [7, 11) is 0. The summed E-state index contributed by atoms with van der Waals surface area (Å²) < 4.78 is 0. The second kappa shape index (κ2) is 5.44. The smallest absolute Gasteiger partial charge is 0.134 e. The van der Waals surface area contributed by atoms with Gasteiger partial charge < -0.3 is 10.4 Å². The van der Waals surface area contributed by atoms with E-state index in [1.165, 1.54) is 6.07 Å². The zero-order valence-corrected chi connectivity index (χ0v) is 10.3. The Morgan fingerprint density at radius 2 is 2.00 bits per heavy atom. The monoisotopic (exact) mass is 258 g/mol. The third-order valence-corrected chi connectivity index (χ3v) is 2.87. The third kappa shape index (κ3) is 2.73. The van der Waals surface area contributed by atoms with Crippen LogP contribution in [0.1, 0.15) is 11.1 Å². The molecule has 2 aromatic rings. The topological polar surface area (TPSA) is 56.0 Å². The van der Waals surface area contributed by atoms with E-state index in [0.29, 0.717) is 17.1 Å². The van der Waals surface area contributed by atoms with Gasteiger partial charge >= 0.3 is 0 Å². The van der Waals surface area contributed by atoms with E-state index in [2.05, 4.69) is 11.4 Å². The molecule has 0 amide bonds. The Morgan fingerprint density at radius 3 is 2.72 bits per heavy atom. The first kappa shape index (κ1) is 12.3. The summed E-state index contributed by atoms with van der Waals surface area (Å²) in [5, 5.41) is 21.7. The van der Waals surface area contributed by atoms with E-state index in [9.17, 15) is 5.11 Å². The lowest BCUT2D eigenvalue weighted by Gasteiger charge is -2.08. The molecule has 18 heavy (non-hydrogen) atoms. The van der Waals surface area contributed by atoms with E-state index in [0.717, 1.165) is 11.3 Å². The predicted octanol–water partition coefficient (Wildman–Crippen LogP) is 3.53. The van der Waals surface area contributed by atoms with Crippen molar-refractivity contribution >= 4 is 17.3 Å². The number of phenols is 1. The molecule has 0 saturated carbocycles. The highest BCUT2D eigenvalue weighted by molar-refractivity contribution is 6.32.